The first kappa shape index (κ1) is 17.9. The maximum atomic E-state index is 12.3. The molecular weight excluding hydrogens is 294 g/mol. The molecule has 0 spiro atoms. The number of hydrogen-bond donors (Lipinski definition) is 0. The van der Waals surface area contributed by atoms with Crippen LogP contribution in [0.25, 0.3) is 0 Å². The second-order valence-electron chi connectivity index (χ2n) is 5.73. The predicted octanol–water partition coefficient (Wildman–Crippen LogP) is 2.59. The van der Waals surface area contributed by atoms with E-state index < -0.39 is 5.79 Å². The molecule has 23 heavy (non-hydrogen) atoms. The highest BCUT2D eigenvalue weighted by molar-refractivity contribution is 5.76. The number of carbonyl (C=O) groups excluding carboxylic acids is 1. The standard InChI is InChI=1S/C18H27NO4/c1-4-22-18(23-5-2)11-12-19(16(13-18)17(20)21-3)14-15-9-7-6-8-10-15/h6-10,16H,4-5,11-14H2,1-3H3. The average Bonchev–Trinajstić information content (AvgIpc) is 2.57. The normalized spacial score (nSPS) is 21.1. The number of piperidine rings is 1. The summed E-state index contributed by atoms with van der Waals surface area (Å²) in [4.78, 5) is 14.4. The summed E-state index contributed by atoms with van der Waals surface area (Å²) in [5.74, 6) is -0.917. The van der Waals surface area contributed by atoms with Crippen LogP contribution in [0.4, 0.5) is 0 Å². The lowest BCUT2D eigenvalue weighted by Crippen LogP contribution is -2.55. The van der Waals surface area contributed by atoms with Gasteiger partial charge in [0.1, 0.15) is 6.04 Å². The topological polar surface area (TPSA) is 48.0 Å². The van der Waals surface area contributed by atoms with Crippen molar-refractivity contribution >= 4 is 5.97 Å². The van der Waals surface area contributed by atoms with E-state index in [9.17, 15) is 4.79 Å². The van der Waals surface area contributed by atoms with E-state index in [2.05, 4.69) is 17.0 Å². The van der Waals surface area contributed by atoms with E-state index in [0.29, 0.717) is 19.6 Å². The lowest BCUT2D eigenvalue weighted by atomic mass is 9.94. The van der Waals surface area contributed by atoms with Crippen molar-refractivity contribution in [1.29, 1.82) is 0 Å². The zero-order valence-electron chi connectivity index (χ0n) is 14.3. The summed E-state index contributed by atoms with van der Waals surface area (Å²) >= 11 is 0. The van der Waals surface area contributed by atoms with E-state index >= 15 is 0 Å². The minimum absolute atomic E-state index is 0.232. The molecule has 128 valence electrons. The first-order chi connectivity index (χ1) is 11.1. The Morgan fingerprint density at radius 1 is 1.22 bits per heavy atom. The summed E-state index contributed by atoms with van der Waals surface area (Å²) in [6.45, 7) is 6.47. The molecule has 1 aromatic rings. The van der Waals surface area contributed by atoms with Crippen LogP contribution >= 0.6 is 0 Å². The second-order valence-corrected chi connectivity index (χ2v) is 5.73. The third-order valence-electron chi connectivity index (χ3n) is 4.24. The predicted molar refractivity (Wildman–Crippen MR) is 87.9 cm³/mol. The minimum atomic E-state index is -0.685. The summed E-state index contributed by atoms with van der Waals surface area (Å²) in [6, 6.07) is 9.80. The number of methoxy groups -OCH3 is 1. The molecule has 0 bridgehead atoms. The fourth-order valence-electron chi connectivity index (χ4n) is 3.20. The molecule has 0 aromatic heterocycles. The zero-order chi connectivity index (χ0) is 16.7. The molecule has 0 amide bonds. The Balaban J connectivity index is 2.16. The maximum Gasteiger partial charge on any atom is 0.323 e. The molecule has 0 radical (unpaired) electrons. The number of benzene rings is 1. The van der Waals surface area contributed by atoms with E-state index in [0.717, 1.165) is 19.5 Å². The van der Waals surface area contributed by atoms with Crippen LogP contribution in [0.1, 0.15) is 32.3 Å². The molecule has 1 atom stereocenters. The van der Waals surface area contributed by atoms with Crippen molar-refractivity contribution in [2.45, 2.75) is 45.1 Å². The largest absolute Gasteiger partial charge is 0.468 e. The van der Waals surface area contributed by atoms with Crippen LogP contribution < -0.4 is 0 Å². The van der Waals surface area contributed by atoms with Crippen molar-refractivity contribution in [2.75, 3.05) is 26.9 Å². The van der Waals surface area contributed by atoms with Crippen molar-refractivity contribution in [3.05, 3.63) is 35.9 Å². The van der Waals surface area contributed by atoms with Crippen LogP contribution in [-0.2, 0) is 25.5 Å². The highest BCUT2D eigenvalue weighted by atomic mass is 16.7. The van der Waals surface area contributed by atoms with Gasteiger partial charge in [-0.15, -0.1) is 0 Å². The van der Waals surface area contributed by atoms with Crippen LogP contribution in [0, 0.1) is 0 Å². The van der Waals surface area contributed by atoms with Gasteiger partial charge in [0, 0.05) is 39.1 Å². The van der Waals surface area contributed by atoms with Gasteiger partial charge in [-0.25, -0.2) is 0 Å². The Bertz CT molecular complexity index is 485. The third kappa shape index (κ3) is 4.53. The van der Waals surface area contributed by atoms with Gasteiger partial charge in [0.05, 0.1) is 7.11 Å². The van der Waals surface area contributed by atoms with Gasteiger partial charge in [0.2, 0.25) is 0 Å². The number of likely N-dealkylation sites (tertiary alicyclic amines) is 1. The first-order valence-electron chi connectivity index (χ1n) is 8.28. The Hall–Kier alpha value is -1.43. The molecule has 1 fully saturated rings. The number of ether oxygens (including phenoxy) is 3. The zero-order valence-corrected chi connectivity index (χ0v) is 14.3. The quantitative estimate of drug-likeness (QED) is 0.571. The first-order valence-corrected chi connectivity index (χ1v) is 8.28. The highest BCUT2D eigenvalue weighted by Crippen LogP contribution is 2.33. The fraction of sp³-hybridized carbons (Fsp3) is 0.611. The lowest BCUT2D eigenvalue weighted by Gasteiger charge is -2.44. The summed E-state index contributed by atoms with van der Waals surface area (Å²) in [5, 5.41) is 0. The number of hydrogen-bond acceptors (Lipinski definition) is 5. The molecule has 1 unspecified atom stereocenters. The van der Waals surface area contributed by atoms with Crippen molar-refractivity contribution in [2.24, 2.45) is 0 Å². The highest BCUT2D eigenvalue weighted by Gasteiger charge is 2.44. The van der Waals surface area contributed by atoms with Gasteiger partial charge >= 0.3 is 5.97 Å². The van der Waals surface area contributed by atoms with Gasteiger partial charge in [-0.05, 0) is 19.4 Å². The van der Waals surface area contributed by atoms with E-state index in [1.807, 2.05) is 32.0 Å². The Labute approximate surface area is 138 Å². The van der Waals surface area contributed by atoms with Crippen LogP contribution in [0.3, 0.4) is 0 Å². The van der Waals surface area contributed by atoms with Gasteiger partial charge in [0.25, 0.3) is 0 Å². The van der Waals surface area contributed by atoms with Gasteiger partial charge in [-0.1, -0.05) is 30.3 Å². The number of esters is 1. The van der Waals surface area contributed by atoms with Gasteiger partial charge in [-0.3, -0.25) is 9.69 Å². The Kier molecular flexibility index (Phi) is 6.57. The van der Waals surface area contributed by atoms with Crippen LogP contribution in [0.15, 0.2) is 30.3 Å². The number of nitrogens with zero attached hydrogens (tertiary/aromatic N) is 1. The molecular formula is C18H27NO4. The molecule has 2 rings (SSSR count). The van der Waals surface area contributed by atoms with Gasteiger partial charge < -0.3 is 14.2 Å². The third-order valence-corrected chi connectivity index (χ3v) is 4.24. The molecule has 1 heterocycles. The van der Waals surface area contributed by atoms with Crippen molar-refractivity contribution in [1.82, 2.24) is 4.90 Å². The van der Waals surface area contributed by atoms with Gasteiger partial charge in [0.15, 0.2) is 5.79 Å². The average molecular weight is 321 g/mol. The smallest absolute Gasteiger partial charge is 0.323 e. The molecule has 1 aromatic carbocycles. The SMILES string of the molecule is CCOC1(OCC)CCN(Cc2ccccc2)C(C(=O)OC)C1. The van der Waals surface area contributed by atoms with E-state index in [1.54, 1.807) is 0 Å². The molecule has 1 aliphatic rings. The maximum absolute atomic E-state index is 12.3. The van der Waals surface area contributed by atoms with E-state index in [4.69, 9.17) is 14.2 Å². The van der Waals surface area contributed by atoms with Crippen molar-refractivity contribution < 1.29 is 19.0 Å². The van der Waals surface area contributed by atoms with Crippen LogP contribution in [-0.4, -0.2) is 49.6 Å². The lowest BCUT2D eigenvalue weighted by molar-refractivity contribution is -0.262. The Morgan fingerprint density at radius 3 is 2.43 bits per heavy atom. The number of carbonyl (C=O) groups is 1. The van der Waals surface area contributed by atoms with Crippen LogP contribution in [0.5, 0.6) is 0 Å². The monoisotopic (exact) mass is 321 g/mol. The molecule has 1 aliphatic heterocycles. The van der Waals surface area contributed by atoms with E-state index in [-0.39, 0.29) is 12.0 Å². The summed E-state index contributed by atoms with van der Waals surface area (Å²) in [5.41, 5.74) is 1.18. The molecule has 5 heteroatoms. The molecule has 0 aliphatic carbocycles. The summed E-state index contributed by atoms with van der Waals surface area (Å²) < 4.78 is 16.8. The second kappa shape index (κ2) is 8.43. The van der Waals surface area contributed by atoms with E-state index in [1.165, 1.54) is 12.7 Å². The molecule has 0 N–H and O–H groups in total. The number of rotatable bonds is 7. The van der Waals surface area contributed by atoms with Crippen molar-refractivity contribution in [3.63, 3.8) is 0 Å². The van der Waals surface area contributed by atoms with Crippen molar-refractivity contribution in [3.8, 4) is 0 Å². The molecule has 1 saturated heterocycles. The summed E-state index contributed by atoms with van der Waals surface area (Å²) in [7, 11) is 1.43. The van der Waals surface area contributed by atoms with Gasteiger partial charge in [-0.2, -0.15) is 0 Å². The molecule has 5 nitrogen and oxygen atoms in total. The summed E-state index contributed by atoms with van der Waals surface area (Å²) in [6.07, 6.45) is 1.24. The fourth-order valence-corrected chi connectivity index (χ4v) is 3.20. The Morgan fingerprint density at radius 2 is 1.87 bits per heavy atom. The van der Waals surface area contributed by atoms with Crippen LogP contribution in [0.2, 0.25) is 0 Å². The minimum Gasteiger partial charge on any atom is -0.468 e. The molecule has 0 saturated carbocycles.